The van der Waals surface area contributed by atoms with Crippen LogP contribution in [0.5, 0.6) is 0 Å². The molecule has 1 fully saturated rings. The summed E-state index contributed by atoms with van der Waals surface area (Å²) in [4.78, 5) is 54.6. The zero-order chi connectivity index (χ0) is 26.0. The van der Waals surface area contributed by atoms with Gasteiger partial charge in [-0.15, -0.1) is 0 Å². The van der Waals surface area contributed by atoms with E-state index in [2.05, 4.69) is 15.0 Å². The first kappa shape index (κ1) is 25.1. The van der Waals surface area contributed by atoms with Gasteiger partial charge in [0, 0.05) is 23.4 Å². The molecule has 2 amide bonds. The third-order valence-electron chi connectivity index (χ3n) is 6.06. The van der Waals surface area contributed by atoms with Crippen LogP contribution in [0.4, 0.5) is 20.6 Å². The summed E-state index contributed by atoms with van der Waals surface area (Å²) in [7, 11) is 1.21. The van der Waals surface area contributed by atoms with E-state index in [0.29, 0.717) is 30.5 Å². The Hall–Kier alpha value is -3.99. The zero-order valence-electron chi connectivity index (χ0n) is 19.1. The van der Waals surface area contributed by atoms with E-state index < -0.39 is 42.2 Å². The van der Waals surface area contributed by atoms with Gasteiger partial charge in [0.15, 0.2) is 12.4 Å². The van der Waals surface area contributed by atoms with Crippen molar-refractivity contribution in [1.29, 1.82) is 0 Å². The van der Waals surface area contributed by atoms with Crippen LogP contribution in [0.1, 0.15) is 35.3 Å². The molecule has 2 aliphatic heterocycles. The van der Waals surface area contributed by atoms with Gasteiger partial charge in [-0.2, -0.15) is 0 Å². The summed E-state index contributed by atoms with van der Waals surface area (Å²) in [6.07, 6.45) is 2.96. The number of hydrogen-bond donors (Lipinski definition) is 2. The smallest absolute Gasteiger partial charge is 0.411 e. The first-order chi connectivity index (χ1) is 17.2. The maximum absolute atomic E-state index is 14.6. The lowest BCUT2D eigenvalue weighted by Gasteiger charge is -2.33. The Morgan fingerprint density at radius 1 is 1.25 bits per heavy atom. The second-order valence-corrected chi connectivity index (χ2v) is 8.68. The molecule has 0 aliphatic carbocycles. The van der Waals surface area contributed by atoms with E-state index in [4.69, 9.17) is 22.1 Å². The van der Waals surface area contributed by atoms with Gasteiger partial charge in [0.05, 0.1) is 24.0 Å². The molecule has 1 aromatic heterocycles. The number of pyridine rings is 1. The molecule has 12 heteroatoms. The van der Waals surface area contributed by atoms with Crippen LogP contribution in [-0.4, -0.2) is 59.4 Å². The van der Waals surface area contributed by atoms with E-state index in [1.54, 1.807) is 0 Å². The summed E-state index contributed by atoms with van der Waals surface area (Å²) in [5, 5.41) is 2.30. The maximum Gasteiger partial charge on any atom is 0.411 e. The number of ketones is 1. The molecule has 0 saturated carbocycles. The molecule has 0 spiro atoms. The van der Waals surface area contributed by atoms with Crippen molar-refractivity contribution >= 4 is 52.3 Å². The number of rotatable bonds is 6. The Bertz CT molecular complexity index is 1270. The van der Waals surface area contributed by atoms with Crippen LogP contribution in [0.15, 0.2) is 36.5 Å². The van der Waals surface area contributed by atoms with Gasteiger partial charge in [-0.3, -0.25) is 19.9 Å². The van der Waals surface area contributed by atoms with E-state index in [9.17, 15) is 23.6 Å². The fourth-order valence-electron chi connectivity index (χ4n) is 4.36. The van der Waals surface area contributed by atoms with Crippen LogP contribution in [0.3, 0.4) is 0 Å². The molecular weight excluding hydrogens is 495 g/mol. The fourth-order valence-corrected chi connectivity index (χ4v) is 4.52. The predicted molar refractivity (Wildman–Crippen MR) is 128 cm³/mol. The number of Topliss-reactive ketones (excluding diaryl/α,β-unsaturated/α-hetero) is 1. The van der Waals surface area contributed by atoms with Crippen molar-refractivity contribution in [1.82, 2.24) is 9.88 Å². The second kappa shape index (κ2) is 10.3. The van der Waals surface area contributed by atoms with Crippen molar-refractivity contribution in [2.24, 2.45) is 0 Å². The van der Waals surface area contributed by atoms with E-state index in [0.717, 1.165) is 0 Å². The Balaban J connectivity index is 1.39. The van der Waals surface area contributed by atoms with Gasteiger partial charge >= 0.3 is 12.1 Å². The number of nitrogens with two attached hydrogens (primary N) is 1. The van der Waals surface area contributed by atoms with Gasteiger partial charge in [0.2, 0.25) is 11.7 Å². The number of nitrogens with zero attached hydrogens (tertiary/aromatic N) is 2. The normalized spacial score (nSPS) is 18.8. The quantitative estimate of drug-likeness (QED) is 0.339. The van der Waals surface area contributed by atoms with Crippen molar-refractivity contribution in [3.63, 3.8) is 0 Å². The summed E-state index contributed by atoms with van der Waals surface area (Å²) in [5.41, 5.74) is 6.96. The number of fused-ring (bicyclic) bond motifs is 1. The summed E-state index contributed by atoms with van der Waals surface area (Å²) in [6.45, 7) is -0.565. The average Bonchev–Trinajstić information content (AvgIpc) is 3.30. The number of ether oxygens (including phenoxy) is 2. The maximum atomic E-state index is 14.6. The summed E-state index contributed by atoms with van der Waals surface area (Å²) < 4.78 is 24.3. The Morgan fingerprint density at radius 2 is 2.03 bits per heavy atom. The second-order valence-electron chi connectivity index (χ2n) is 8.27. The molecule has 1 saturated heterocycles. The van der Waals surface area contributed by atoms with Gasteiger partial charge in [-0.1, -0.05) is 11.6 Å². The first-order valence-electron chi connectivity index (χ1n) is 11.0. The molecule has 0 bridgehead atoms. The molecule has 2 atom stereocenters. The third-order valence-corrected chi connectivity index (χ3v) is 6.35. The Labute approximate surface area is 210 Å². The van der Waals surface area contributed by atoms with Crippen molar-refractivity contribution < 1.29 is 33.0 Å². The number of anilines is 2. The van der Waals surface area contributed by atoms with Crippen LogP contribution in [0.2, 0.25) is 5.02 Å². The minimum Gasteiger partial charge on any atom is -0.456 e. The van der Waals surface area contributed by atoms with Gasteiger partial charge in [0.1, 0.15) is 11.7 Å². The lowest BCUT2D eigenvalue weighted by Crippen LogP contribution is -2.47. The number of carbonyl (C=O) groups excluding carboxylic acids is 4. The molecule has 2 aromatic rings. The largest absolute Gasteiger partial charge is 0.456 e. The highest BCUT2D eigenvalue weighted by atomic mass is 35.5. The number of halogens is 2. The molecule has 4 rings (SSSR count). The average molecular weight is 517 g/mol. The number of aromatic nitrogens is 1. The fraction of sp³-hybridized carbons (Fsp3) is 0.292. The van der Waals surface area contributed by atoms with Crippen LogP contribution in [-0.2, 0) is 19.1 Å². The predicted octanol–water partition coefficient (Wildman–Crippen LogP) is 3.21. The van der Waals surface area contributed by atoms with Crippen LogP contribution >= 0.6 is 11.6 Å². The van der Waals surface area contributed by atoms with Crippen molar-refractivity contribution in [2.75, 3.05) is 24.8 Å². The highest BCUT2D eigenvalue weighted by molar-refractivity contribution is 6.31. The molecule has 1 aromatic carbocycles. The number of amides is 2. The number of hydrogen-bond acceptors (Lipinski definition) is 8. The molecule has 3 heterocycles. The number of benzene rings is 1. The van der Waals surface area contributed by atoms with Gasteiger partial charge in [-0.05, 0) is 49.1 Å². The van der Waals surface area contributed by atoms with E-state index in [-0.39, 0.29) is 28.0 Å². The van der Waals surface area contributed by atoms with Crippen LogP contribution < -0.4 is 11.1 Å². The lowest BCUT2D eigenvalue weighted by molar-refractivity contribution is -0.152. The summed E-state index contributed by atoms with van der Waals surface area (Å²) in [6, 6.07) is 4.43. The van der Waals surface area contributed by atoms with E-state index in [1.807, 2.05) is 0 Å². The highest BCUT2D eigenvalue weighted by Gasteiger charge is 2.44. The van der Waals surface area contributed by atoms with Crippen molar-refractivity contribution in [3.8, 4) is 0 Å². The molecule has 2 aliphatic rings. The lowest BCUT2D eigenvalue weighted by atomic mass is 9.92. The third kappa shape index (κ3) is 5.01. The van der Waals surface area contributed by atoms with Crippen LogP contribution in [0, 0.1) is 5.82 Å². The minimum absolute atomic E-state index is 0.0327. The topological polar surface area (TPSA) is 141 Å². The molecule has 36 heavy (non-hydrogen) atoms. The first-order valence-corrected chi connectivity index (χ1v) is 11.3. The Morgan fingerprint density at radius 3 is 2.72 bits per heavy atom. The monoisotopic (exact) mass is 516 g/mol. The number of nitrogen functional groups attached to an aromatic ring is 1. The summed E-state index contributed by atoms with van der Waals surface area (Å²) >= 11 is 5.89. The Kier molecular flexibility index (Phi) is 7.20. The van der Waals surface area contributed by atoms with Crippen molar-refractivity contribution in [3.05, 3.63) is 58.6 Å². The molecular formula is C24H22ClFN4O6. The van der Waals surface area contributed by atoms with Gasteiger partial charge < -0.3 is 20.1 Å². The summed E-state index contributed by atoms with van der Waals surface area (Å²) in [5.74, 6) is -2.43. The van der Waals surface area contributed by atoms with E-state index in [1.165, 1.54) is 48.5 Å². The minimum atomic E-state index is -0.866. The van der Waals surface area contributed by atoms with E-state index >= 15 is 0 Å². The number of nitrogens with one attached hydrogen (secondary N) is 1. The molecule has 10 nitrogen and oxygen atoms in total. The SMILES string of the molecule is COC(=O)Nc1ccc(C(=O)COC(=O)[C@@H]2CCC3CC(c4c(N)ccc(Cl)c4F)=CC(=O)N32)nc1. The zero-order valence-corrected chi connectivity index (χ0v) is 19.9. The van der Waals surface area contributed by atoms with Crippen LogP contribution in [0.25, 0.3) is 5.57 Å². The molecule has 0 radical (unpaired) electrons. The molecule has 188 valence electrons. The number of esters is 1. The standard InChI is InChI=1S/C24H22ClFN4O6/c1-35-24(34)29-13-2-6-17(28-10-13)19(31)11-36-23(33)18-7-3-14-8-12(9-20(32)30(14)18)21-16(27)5-4-15(25)22(21)26/h2,4-6,9-10,14,18H,3,7-8,11,27H2,1H3,(H,29,34)/t14?,18-/m0/s1. The number of carbonyl (C=O) groups is 4. The van der Waals surface area contributed by atoms with Gasteiger partial charge in [-0.25, -0.2) is 14.0 Å². The molecule has 3 N–H and O–H groups in total. The van der Waals surface area contributed by atoms with Gasteiger partial charge in [0.25, 0.3) is 0 Å². The number of methoxy groups -OCH3 is 1. The molecule has 1 unspecified atom stereocenters. The van der Waals surface area contributed by atoms with Crippen molar-refractivity contribution in [2.45, 2.75) is 31.3 Å². The highest BCUT2D eigenvalue weighted by Crippen LogP contribution is 2.39.